The van der Waals surface area contributed by atoms with Crippen LogP contribution in [0.2, 0.25) is 10.0 Å². The van der Waals surface area contributed by atoms with Crippen molar-refractivity contribution in [3.8, 4) is 0 Å². The lowest BCUT2D eigenvalue weighted by molar-refractivity contribution is -0.0130. The molecule has 7 rings (SSSR count). The molecule has 2 aromatic heterocycles. The van der Waals surface area contributed by atoms with E-state index in [0.717, 1.165) is 21.0 Å². The predicted molar refractivity (Wildman–Crippen MR) is 173 cm³/mol. The summed E-state index contributed by atoms with van der Waals surface area (Å²) in [6.45, 7) is 1.19. The number of hydrazine groups is 1. The Labute approximate surface area is 275 Å². The molecule has 0 saturated carbocycles. The first-order chi connectivity index (χ1) is 21.8. The van der Waals surface area contributed by atoms with Crippen molar-refractivity contribution in [2.75, 3.05) is 0 Å². The maximum absolute atomic E-state index is 14.0. The quantitative estimate of drug-likeness (QED) is 0.161. The van der Waals surface area contributed by atoms with Crippen LogP contribution in [-0.4, -0.2) is 51.8 Å². The molecule has 0 saturated heterocycles. The van der Waals surface area contributed by atoms with E-state index in [0.29, 0.717) is 51.0 Å². The first kappa shape index (κ1) is 29.3. The third-order valence-corrected chi connectivity index (χ3v) is 8.69. The van der Waals surface area contributed by atoms with E-state index < -0.39 is 11.8 Å². The van der Waals surface area contributed by atoms with Crippen LogP contribution >= 0.6 is 39.1 Å². The Balaban J connectivity index is 1.20. The predicted octanol–water partition coefficient (Wildman–Crippen LogP) is 6.40. The molecule has 0 bridgehead atoms. The highest BCUT2D eigenvalue weighted by molar-refractivity contribution is 9.10. The summed E-state index contributed by atoms with van der Waals surface area (Å²) in [5, 5.41) is 22.8. The van der Waals surface area contributed by atoms with Crippen molar-refractivity contribution in [3.63, 3.8) is 0 Å². The smallest absolute Gasteiger partial charge is 0.267 e. The third-order valence-electron chi connectivity index (χ3n) is 7.49. The van der Waals surface area contributed by atoms with Gasteiger partial charge in [0.05, 0.1) is 61.1 Å². The number of imide groups is 1. The second kappa shape index (κ2) is 12.2. The molecule has 6 aromatic rings. The second-order valence-electron chi connectivity index (χ2n) is 10.6. The minimum absolute atomic E-state index is 0.115. The van der Waals surface area contributed by atoms with Crippen molar-refractivity contribution in [2.24, 2.45) is 0 Å². The summed E-state index contributed by atoms with van der Waals surface area (Å²) in [4.78, 5) is 28.1. The highest BCUT2D eigenvalue weighted by Crippen LogP contribution is 2.35. The van der Waals surface area contributed by atoms with Crippen LogP contribution in [0.15, 0.2) is 95.7 Å². The topological polar surface area (TPSA) is 102 Å². The zero-order valence-electron chi connectivity index (χ0n) is 23.5. The van der Waals surface area contributed by atoms with Crippen LogP contribution in [0.25, 0.3) is 10.8 Å². The number of carbonyl (C=O) groups is 2. The zero-order valence-corrected chi connectivity index (χ0v) is 26.6. The Bertz CT molecular complexity index is 1950. The fourth-order valence-corrected chi connectivity index (χ4v) is 6.12. The van der Waals surface area contributed by atoms with E-state index in [4.69, 9.17) is 23.2 Å². The Morgan fingerprint density at radius 2 is 1.18 bits per heavy atom. The van der Waals surface area contributed by atoms with Crippen LogP contribution in [0.5, 0.6) is 0 Å². The molecule has 4 aromatic carbocycles. The molecule has 224 valence electrons. The number of rotatable bonds is 9. The Morgan fingerprint density at radius 3 is 1.71 bits per heavy atom. The van der Waals surface area contributed by atoms with Gasteiger partial charge >= 0.3 is 0 Å². The maximum atomic E-state index is 14.0. The van der Waals surface area contributed by atoms with Crippen molar-refractivity contribution in [3.05, 3.63) is 139 Å². The molecule has 0 fully saturated rings. The lowest BCUT2D eigenvalue weighted by Crippen LogP contribution is -2.51. The molecule has 2 amide bonds. The molecule has 1 aliphatic rings. The third kappa shape index (κ3) is 5.99. The number of amides is 2. The van der Waals surface area contributed by atoms with Gasteiger partial charge in [-0.2, -0.15) is 5.01 Å². The van der Waals surface area contributed by atoms with Crippen LogP contribution < -0.4 is 0 Å². The molecule has 45 heavy (non-hydrogen) atoms. The second-order valence-corrected chi connectivity index (χ2v) is 12.4. The van der Waals surface area contributed by atoms with Crippen LogP contribution in [0, 0.1) is 0 Å². The summed E-state index contributed by atoms with van der Waals surface area (Å²) in [7, 11) is 0. The SMILES string of the molecule is O=C1c2cccc3c(Br)ccc(c23)C(=O)N1N(Cc1cn(Cc2ccc(Cl)cc2)nn1)Cc1cn(Cc2ccc(Cl)cc2)nn1. The number of nitrogens with zero attached hydrogens (tertiary/aromatic N) is 8. The molecule has 0 unspecified atom stereocenters. The van der Waals surface area contributed by atoms with Gasteiger partial charge in [0.15, 0.2) is 0 Å². The molecule has 0 radical (unpaired) electrons. The van der Waals surface area contributed by atoms with Crippen molar-refractivity contribution in [2.45, 2.75) is 26.2 Å². The summed E-state index contributed by atoms with van der Waals surface area (Å²) < 4.78 is 4.21. The monoisotopic (exact) mass is 700 g/mol. The van der Waals surface area contributed by atoms with Gasteiger partial charge in [-0.25, -0.2) is 14.4 Å². The van der Waals surface area contributed by atoms with E-state index >= 15 is 0 Å². The highest BCUT2D eigenvalue weighted by atomic mass is 79.9. The molecule has 0 spiro atoms. The summed E-state index contributed by atoms with van der Waals surface area (Å²) in [6.07, 6.45) is 3.59. The molecular weight excluding hydrogens is 679 g/mol. The molecule has 1 aliphatic heterocycles. The normalized spacial score (nSPS) is 12.9. The standard InChI is InChI=1S/C32H23BrCl2N8O2/c33-29-13-12-28-30-26(29)2-1-3-27(30)31(44)43(32(28)45)42(18-24-16-40(38-36-24)14-20-4-8-22(34)9-5-20)19-25-17-41(39-37-25)15-21-6-10-23(35)11-7-21/h1-13,16-17H,14-15,18-19H2. The van der Waals surface area contributed by atoms with Crippen molar-refractivity contribution < 1.29 is 9.59 Å². The van der Waals surface area contributed by atoms with Gasteiger partial charge in [0.25, 0.3) is 11.8 Å². The average Bonchev–Trinajstić information content (AvgIpc) is 3.67. The number of aromatic nitrogens is 6. The molecule has 10 nitrogen and oxygen atoms in total. The van der Waals surface area contributed by atoms with E-state index in [2.05, 4.69) is 36.6 Å². The number of halogens is 3. The molecule has 13 heteroatoms. The fourth-order valence-electron chi connectivity index (χ4n) is 5.41. The van der Waals surface area contributed by atoms with Crippen molar-refractivity contribution >= 4 is 61.7 Å². The fraction of sp³-hybridized carbons (Fsp3) is 0.125. The Morgan fingerprint density at radius 1 is 0.667 bits per heavy atom. The van der Waals surface area contributed by atoms with Crippen LogP contribution in [0.4, 0.5) is 0 Å². The van der Waals surface area contributed by atoms with E-state index in [1.807, 2.05) is 66.7 Å². The minimum Gasteiger partial charge on any atom is -0.267 e. The van der Waals surface area contributed by atoms with Gasteiger partial charge in [-0.1, -0.05) is 86.0 Å². The molecule has 0 aliphatic carbocycles. The van der Waals surface area contributed by atoms with Gasteiger partial charge in [0.2, 0.25) is 0 Å². The average molecular weight is 702 g/mol. The lowest BCUT2D eigenvalue weighted by atomic mass is 9.95. The summed E-state index contributed by atoms with van der Waals surface area (Å²) >= 11 is 15.6. The van der Waals surface area contributed by atoms with Gasteiger partial charge in [-0.15, -0.1) is 10.2 Å². The first-order valence-electron chi connectivity index (χ1n) is 13.9. The highest BCUT2D eigenvalue weighted by Gasteiger charge is 2.38. The summed E-state index contributed by atoms with van der Waals surface area (Å²) in [5.74, 6) is -0.864. The molecule has 0 atom stereocenters. The molecule has 0 N–H and O–H groups in total. The first-order valence-corrected chi connectivity index (χ1v) is 15.5. The van der Waals surface area contributed by atoms with E-state index in [1.165, 1.54) is 5.01 Å². The van der Waals surface area contributed by atoms with Gasteiger partial charge < -0.3 is 0 Å². The lowest BCUT2D eigenvalue weighted by Gasteiger charge is -2.35. The van der Waals surface area contributed by atoms with Crippen LogP contribution in [0.3, 0.4) is 0 Å². The van der Waals surface area contributed by atoms with E-state index in [9.17, 15) is 9.59 Å². The minimum atomic E-state index is -0.432. The van der Waals surface area contributed by atoms with E-state index in [1.54, 1.807) is 38.9 Å². The van der Waals surface area contributed by atoms with Crippen molar-refractivity contribution in [1.82, 2.24) is 40.0 Å². The number of carbonyl (C=O) groups excluding carboxylic acids is 2. The van der Waals surface area contributed by atoms with Crippen LogP contribution in [0.1, 0.15) is 43.2 Å². The van der Waals surface area contributed by atoms with E-state index in [-0.39, 0.29) is 13.1 Å². The molecule has 3 heterocycles. The summed E-state index contributed by atoms with van der Waals surface area (Å²) in [5.41, 5.74) is 4.01. The van der Waals surface area contributed by atoms with Gasteiger partial charge in [0.1, 0.15) is 0 Å². The van der Waals surface area contributed by atoms with Crippen LogP contribution in [-0.2, 0) is 26.2 Å². The van der Waals surface area contributed by atoms with Gasteiger partial charge in [-0.3, -0.25) is 9.59 Å². The molecular formula is C32H23BrCl2N8O2. The van der Waals surface area contributed by atoms with Gasteiger partial charge in [0, 0.05) is 19.9 Å². The number of hydrogen-bond acceptors (Lipinski definition) is 7. The van der Waals surface area contributed by atoms with Gasteiger partial charge in [-0.05, 0) is 59.0 Å². The maximum Gasteiger partial charge on any atom is 0.276 e. The summed E-state index contributed by atoms with van der Waals surface area (Å²) in [6, 6.07) is 24.0. The zero-order chi connectivity index (χ0) is 31.1. The largest absolute Gasteiger partial charge is 0.276 e. The Kier molecular flexibility index (Phi) is 7.92. The Hall–Kier alpha value is -4.42. The van der Waals surface area contributed by atoms with Crippen molar-refractivity contribution in [1.29, 1.82) is 0 Å². The number of hydrogen-bond donors (Lipinski definition) is 0. The number of benzene rings is 4.